The first-order chi connectivity index (χ1) is 8.66. The van der Waals surface area contributed by atoms with Gasteiger partial charge < -0.3 is 5.11 Å². The molecule has 18 heavy (non-hydrogen) atoms. The Kier molecular flexibility index (Phi) is 4.59. The zero-order chi connectivity index (χ0) is 13.0. The van der Waals surface area contributed by atoms with Crippen molar-refractivity contribution >= 4 is 23.2 Å². The molecular formula is C14H13Cl2NO. The highest BCUT2D eigenvalue weighted by atomic mass is 35.5. The molecule has 0 aliphatic rings. The van der Waals surface area contributed by atoms with Crippen molar-refractivity contribution in [1.29, 1.82) is 0 Å². The number of rotatable bonds is 4. The van der Waals surface area contributed by atoms with Crippen molar-refractivity contribution in [1.82, 2.24) is 4.98 Å². The van der Waals surface area contributed by atoms with Crippen molar-refractivity contribution < 1.29 is 5.11 Å². The third-order valence-corrected chi connectivity index (χ3v) is 3.33. The normalized spacial score (nSPS) is 12.4. The lowest BCUT2D eigenvalue weighted by Gasteiger charge is -2.13. The smallest absolute Gasteiger partial charge is 0.0808 e. The topological polar surface area (TPSA) is 33.1 Å². The number of pyridine rings is 1. The lowest BCUT2D eigenvalue weighted by atomic mass is 10.0. The summed E-state index contributed by atoms with van der Waals surface area (Å²) >= 11 is 11.9. The van der Waals surface area contributed by atoms with E-state index in [0.717, 1.165) is 12.0 Å². The first-order valence-electron chi connectivity index (χ1n) is 5.69. The summed E-state index contributed by atoms with van der Waals surface area (Å²) in [6.07, 6.45) is 4.25. The number of nitrogens with zero attached hydrogens (tertiary/aromatic N) is 1. The average molecular weight is 282 g/mol. The molecule has 0 radical (unpaired) electrons. The molecule has 1 atom stereocenters. The molecule has 2 aromatic rings. The maximum absolute atomic E-state index is 10.1. The van der Waals surface area contributed by atoms with Crippen LogP contribution in [0.1, 0.15) is 23.7 Å². The molecule has 0 spiro atoms. The monoisotopic (exact) mass is 281 g/mol. The van der Waals surface area contributed by atoms with Gasteiger partial charge in [0.05, 0.1) is 6.10 Å². The van der Waals surface area contributed by atoms with Crippen LogP contribution in [-0.4, -0.2) is 10.1 Å². The largest absolute Gasteiger partial charge is 0.388 e. The van der Waals surface area contributed by atoms with Crippen molar-refractivity contribution in [2.75, 3.05) is 0 Å². The molecule has 0 fully saturated rings. The van der Waals surface area contributed by atoms with Crippen LogP contribution in [0, 0.1) is 0 Å². The summed E-state index contributed by atoms with van der Waals surface area (Å²) in [6, 6.07) is 8.99. The Morgan fingerprint density at radius 3 is 2.78 bits per heavy atom. The number of benzene rings is 1. The summed E-state index contributed by atoms with van der Waals surface area (Å²) in [4.78, 5) is 4.04. The molecule has 0 bridgehead atoms. The fourth-order valence-corrected chi connectivity index (χ4v) is 2.20. The summed E-state index contributed by atoms with van der Waals surface area (Å²) in [5.41, 5.74) is 1.77. The lowest BCUT2D eigenvalue weighted by Crippen LogP contribution is -2.00. The van der Waals surface area contributed by atoms with Crippen LogP contribution in [-0.2, 0) is 6.42 Å². The Morgan fingerprint density at radius 1 is 1.22 bits per heavy atom. The van der Waals surface area contributed by atoms with Crippen LogP contribution in [0.25, 0.3) is 0 Å². The third kappa shape index (κ3) is 3.45. The van der Waals surface area contributed by atoms with E-state index in [1.54, 1.807) is 30.6 Å². The summed E-state index contributed by atoms with van der Waals surface area (Å²) < 4.78 is 0. The highest BCUT2D eigenvalue weighted by molar-refractivity contribution is 6.33. The zero-order valence-corrected chi connectivity index (χ0v) is 11.2. The van der Waals surface area contributed by atoms with E-state index >= 15 is 0 Å². The van der Waals surface area contributed by atoms with Gasteiger partial charge in [-0.2, -0.15) is 0 Å². The Morgan fingerprint density at radius 2 is 2.06 bits per heavy atom. The number of aliphatic hydroxyl groups excluding tert-OH is 1. The number of hydrogen-bond donors (Lipinski definition) is 1. The quantitative estimate of drug-likeness (QED) is 0.917. The molecule has 1 heterocycles. The summed E-state index contributed by atoms with van der Waals surface area (Å²) in [5.74, 6) is 0. The van der Waals surface area contributed by atoms with Crippen LogP contribution in [0.5, 0.6) is 0 Å². The van der Waals surface area contributed by atoms with Crippen LogP contribution in [0.3, 0.4) is 0 Å². The summed E-state index contributed by atoms with van der Waals surface area (Å²) in [7, 11) is 0. The molecule has 0 saturated heterocycles. The fraction of sp³-hybridized carbons (Fsp3) is 0.214. The van der Waals surface area contributed by atoms with Crippen LogP contribution in [0.15, 0.2) is 42.7 Å². The van der Waals surface area contributed by atoms with Gasteiger partial charge in [0.1, 0.15) is 0 Å². The van der Waals surface area contributed by atoms with Crippen LogP contribution in [0.2, 0.25) is 10.0 Å². The highest BCUT2D eigenvalue weighted by Gasteiger charge is 2.12. The van der Waals surface area contributed by atoms with Crippen LogP contribution < -0.4 is 0 Å². The van der Waals surface area contributed by atoms with Crippen molar-refractivity contribution in [2.24, 2.45) is 0 Å². The molecule has 1 unspecified atom stereocenters. The van der Waals surface area contributed by atoms with Gasteiger partial charge in [-0.25, -0.2) is 0 Å². The molecule has 1 aromatic heterocycles. The van der Waals surface area contributed by atoms with Gasteiger partial charge >= 0.3 is 0 Å². The van der Waals surface area contributed by atoms with Gasteiger partial charge in [-0.05, 0) is 42.7 Å². The molecule has 4 heteroatoms. The van der Waals surface area contributed by atoms with Crippen molar-refractivity contribution in [3.8, 4) is 0 Å². The van der Waals surface area contributed by atoms with E-state index in [4.69, 9.17) is 23.2 Å². The first kappa shape index (κ1) is 13.3. The van der Waals surface area contributed by atoms with Gasteiger partial charge in [0.25, 0.3) is 0 Å². The molecule has 2 nitrogen and oxygen atoms in total. The molecule has 0 aliphatic heterocycles. The summed E-state index contributed by atoms with van der Waals surface area (Å²) in [5, 5.41) is 11.2. The molecule has 0 saturated carbocycles. The summed E-state index contributed by atoms with van der Waals surface area (Å²) in [6.45, 7) is 0. The van der Waals surface area contributed by atoms with E-state index in [2.05, 4.69) is 4.98 Å². The van der Waals surface area contributed by atoms with Gasteiger partial charge in [-0.3, -0.25) is 4.98 Å². The van der Waals surface area contributed by atoms with Gasteiger partial charge in [0.15, 0.2) is 0 Å². The van der Waals surface area contributed by atoms with E-state index in [9.17, 15) is 5.11 Å². The van der Waals surface area contributed by atoms with Crippen molar-refractivity contribution in [3.63, 3.8) is 0 Å². The van der Waals surface area contributed by atoms with Gasteiger partial charge in [0.2, 0.25) is 0 Å². The minimum atomic E-state index is -0.614. The maximum atomic E-state index is 10.1. The van der Waals surface area contributed by atoms with Gasteiger partial charge in [0, 0.05) is 28.0 Å². The van der Waals surface area contributed by atoms with Crippen molar-refractivity contribution in [2.45, 2.75) is 18.9 Å². The SMILES string of the molecule is OC(CCc1cccnc1)c1cc(Cl)ccc1Cl. The van der Waals surface area contributed by atoms with Gasteiger partial charge in [-0.15, -0.1) is 0 Å². The minimum Gasteiger partial charge on any atom is -0.388 e. The Balaban J connectivity index is 2.03. The standard InChI is InChI=1S/C14H13Cl2NO/c15-11-4-5-13(16)12(8-11)14(18)6-3-10-2-1-7-17-9-10/h1-2,4-5,7-9,14,18H,3,6H2. The van der Waals surface area contributed by atoms with E-state index in [1.165, 1.54) is 0 Å². The van der Waals surface area contributed by atoms with E-state index in [0.29, 0.717) is 22.0 Å². The second-order valence-electron chi connectivity index (χ2n) is 4.08. The Labute approximate surface area is 116 Å². The number of hydrogen-bond acceptors (Lipinski definition) is 2. The molecule has 1 aromatic carbocycles. The maximum Gasteiger partial charge on any atom is 0.0808 e. The van der Waals surface area contributed by atoms with E-state index < -0.39 is 6.10 Å². The van der Waals surface area contributed by atoms with Gasteiger partial charge in [-0.1, -0.05) is 29.3 Å². The van der Waals surface area contributed by atoms with Crippen molar-refractivity contribution in [3.05, 3.63) is 63.9 Å². The van der Waals surface area contributed by atoms with E-state index in [-0.39, 0.29) is 0 Å². The Hall–Kier alpha value is -1.09. The van der Waals surface area contributed by atoms with E-state index in [1.807, 2.05) is 12.1 Å². The molecule has 2 rings (SSSR count). The molecule has 94 valence electrons. The predicted molar refractivity (Wildman–Crippen MR) is 74.0 cm³/mol. The number of aromatic nitrogens is 1. The first-order valence-corrected chi connectivity index (χ1v) is 6.44. The molecule has 0 amide bonds. The second-order valence-corrected chi connectivity index (χ2v) is 4.93. The highest BCUT2D eigenvalue weighted by Crippen LogP contribution is 2.28. The lowest BCUT2D eigenvalue weighted by molar-refractivity contribution is 0.168. The van der Waals surface area contributed by atoms with Crippen LogP contribution in [0.4, 0.5) is 0 Å². The minimum absolute atomic E-state index is 0.540. The third-order valence-electron chi connectivity index (χ3n) is 2.75. The molecule has 1 N–H and O–H groups in total. The fourth-order valence-electron chi connectivity index (χ4n) is 1.77. The number of aryl methyl sites for hydroxylation is 1. The Bertz CT molecular complexity index is 516. The predicted octanol–water partition coefficient (Wildman–Crippen LogP) is 4.05. The average Bonchev–Trinajstić information content (AvgIpc) is 2.40. The molecular weight excluding hydrogens is 269 g/mol. The second kappa shape index (κ2) is 6.19. The zero-order valence-electron chi connectivity index (χ0n) is 9.68. The molecule has 0 aliphatic carbocycles. The number of halogens is 2. The van der Waals surface area contributed by atoms with Crippen LogP contribution >= 0.6 is 23.2 Å². The number of aliphatic hydroxyl groups is 1.